The molecule has 0 saturated carbocycles. The van der Waals surface area contributed by atoms with E-state index in [2.05, 4.69) is 0 Å². The Morgan fingerprint density at radius 3 is 1.72 bits per heavy atom. The molecule has 4 amide bonds. The summed E-state index contributed by atoms with van der Waals surface area (Å²) >= 11 is 0. The van der Waals surface area contributed by atoms with E-state index < -0.39 is 48.9 Å². The third-order valence-electron chi connectivity index (χ3n) is 2.01. The van der Waals surface area contributed by atoms with Crippen LogP contribution in [0, 0.1) is 0 Å². The van der Waals surface area contributed by atoms with Crippen molar-refractivity contribution in [3.63, 3.8) is 0 Å². The van der Waals surface area contributed by atoms with E-state index in [9.17, 15) is 24.0 Å². The number of amides is 4. The van der Waals surface area contributed by atoms with Crippen molar-refractivity contribution in [2.45, 2.75) is 6.04 Å². The number of imide groups is 2. The van der Waals surface area contributed by atoms with Gasteiger partial charge >= 0.3 is 18.0 Å². The Hall–Kier alpha value is -2.49. The van der Waals surface area contributed by atoms with E-state index in [0.29, 0.717) is 4.90 Å². The number of urea groups is 1. The molecule has 18 heavy (non-hydrogen) atoms. The summed E-state index contributed by atoms with van der Waals surface area (Å²) in [6, 6.07) is -2.71. The summed E-state index contributed by atoms with van der Waals surface area (Å²) in [6.07, 6.45) is 0. The summed E-state index contributed by atoms with van der Waals surface area (Å²) < 4.78 is 0. The SMILES string of the molecule is O=C(O)CN(CC(=O)O)C1C(=O)NC(=O)NC1=O. The molecule has 98 valence electrons. The van der Waals surface area contributed by atoms with Gasteiger partial charge in [-0.15, -0.1) is 0 Å². The molecule has 1 saturated heterocycles. The van der Waals surface area contributed by atoms with Gasteiger partial charge in [0.25, 0.3) is 11.8 Å². The van der Waals surface area contributed by atoms with Gasteiger partial charge in [0.2, 0.25) is 0 Å². The number of rotatable bonds is 5. The van der Waals surface area contributed by atoms with Gasteiger partial charge < -0.3 is 10.2 Å². The highest BCUT2D eigenvalue weighted by Crippen LogP contribution is 2.04. The number of nitrogens with one attached hydrogen (secondary N) is 2. The van der Waals surface area contributed by atoms with Crippen LogP contribution in [-0.4, -0.2) is 64.0 Å². The van der Waals surface area contributed by atoms with Crippen LogP contribution in [0.5, 0.6) is 0 Å². The number of nitrogens with zero attached hydrogens (tertiary/aromatic N) is 1. The number of barbiturate groups is 1. The number of carboxylic acids is 2. The van der Waals surface area contributed by atoms with Crippen molar-refractivity contribution < 1.29 is 34.2 Å². The molecule has 0 aromatic heterocycles. The van der Waals surface area contributed by atoms with Crippen molar-refractivity contribution in [1.29, 1.82) is 0 Å². The highest BCUT2D eigenvalue weighted by molar-refractivity contribution is 6.19. The Kier molecular flexibility index (Phi) is 3.94. The first kappa shape index (κ1) is 13.6. The molecule has 0 bridgehead atoms. The maximum absolute atomic E-state index is 11.4. The first-order chi connectivity index (χ1) is 8.31. The fourth-order valence-corrected chi connectivity index (χ4v) is 1.43. The highest BCUT2D eigenvalue weighted by atomic mass is 16.4. The second-order valence-corrected chi connectivity index (χ2v) is 3.40. The summed E-state index contributed by atoms with van der Waals surface area (Å²) in [5, 5.41) is 20.7. The molecule has 4 N–H and O–H groups in total. The van der Waals surface area contributed by atoms with Crippen molar-refractivity contribution in [1.82, 2.24) is 15.5 Å². The van der Waals surface area contributed by atoms with E-state index in [1.807, 2.05) is 0 Å². The number of aliphatic carboxylic acids is 2. The van der Waals surface area contributed by atoms with Gasteiger partial charge in [-0.2, -0.15) is 0 Å². The van der Waals surface area contributed by atoms with E-state index in [-0.39, 0.29) is 0 Å². The third-order valence-corrected chi connectivity index (χ3v) is 2.01. The average molecular weight is 259 g/mol. The van der Waals surface area contributed by atoms with Crippen LogP contribution in [0.2, 0.25) is 0 Å². The molecule has 1 rings (SSSR count). The molecule has 1 heterocycles. The first-order valence-corrected chi connectivity index (χ1v) is 4.64. The molecule has 1 fully saturated rings. The second-order valence-electron chi connectivity index (χ2n) is 3.40. The van der Waals surface area contributed by atoms with Crippen molar-refractivity contribution in [2.75, 3.05) is 13.1 Å². The fourth-order valence-electron chi connectivity index (χ4n) is 1.43. The maximum Gasteiger partial charge on any atom is 0.328 e. The molecule has 1 aliphatic heterocycles. The number of carbonyl (C=O) groups is 5. The van der Waals surface area contributed by atoms with Gasteiger partial charge in [0, 0.05) is 0 Å². The Morgan fingerprint density at radius 2 is 1.39 bits per heavy atom. The summed E-state index contributed by atoms with van der Waals surface area (Å²) in [5.41, 5.74) is 0. The zero-order chi connectivity index (χ0) is 13.9. The summed E-state index contributed by atoms with van der Waals surface area (Å²) in [6.45, 7) is -1.65. The molecule has 0 aliphatic carbocycles. The van der Waals surface area contributed by atoms with Crippen LogP contribution >= 0.6 is 0 Å². The lowest BCUT2D eigenvalue weighted by atomic mass is 10.1. The largest absolute Gasteiger partial charge is 0.480 e. The van der Waals surface area contributed by atoms with E-state index in [1.54, 1.807) is 10.6 Å². The Bertz CT molecular complexity index is 396. The van der Waals surface area contributed by atoms with Crippen LogP contribution in [0.25, 0.3) is 0 Å². The third kappa shape index (κ3) is 3.25. The minimum Gasteiger partial charge on any atom is -0.480 e. The van der Waals surface area contributed by atoms with Crippen LogP contribution < -0.4 is 10.6 Å². The van der Waals surface area contributed by atoms with Gasteiger partial charge in [-0.1, -0.05) is 0 Å². The van der Waals surface area contributed by atoms with E-state index in [1.165, 1.54) is 0 Å². The smallest absolute Gasteiger partial charge is 0.328 e. The lowest BCUT2D eigenvalue weighted by Crippen LogP contribution is -2.65. The van der Waals surface area contributed by atoms with Gasteiger partial charge in [-0.25, -0.2) is 4.79 Å². The monoisotopic (exact) mass is 259 g/mol. The number of hydrogen-bond acceptors (Lipinski definition) is 6. The zero-order valence-electron chi connectivity index (χ0n) is 8.87. The number of hydrogen-bond donors (Lipinski definition) is 4. The van der Waals surface area contributed by atoms with Gasteiger partial charge in [-0.05, 0) is 0 Å². The molecule has 0 unspecified atom stereocenters. The standard InChI is InChI=1S/C8H9N3O7/c12-3(13)1-11(2-4(14)15)5-6(16)9-8(18)10-7(5)17/h5H,1-2H2,(H,12,13)(H,14,15)(H2,9,10,16,17,18). The zero-order valence-corrected chi connectivity index (χ0v) is 8.87. The van der Waals surface area contributed by atoms with Gasteiger partial charge in [0.05, 0.1) is 13.1 Å². The first-order valence-electron chi connectivity index (χ1n) is 4.64. The molecule has 0 spiro atoms. The van der Waals surface area contributed by atoms with Crippen LogP contribution in [0.1, 0.15) is 0 Å². The molecule has 0 atom stereocenters. The lowest BCUT2D eigenvalue weighted by molar-refractivity contribution is -0.146. The summed E-state index contributed by atoms with van der Waals surface area (Å²) in [5.74, 6) is -4.94. The minimum absolute atomic E-state index is 0.627. The van der Waals surface area contributed by atoms with E-state index >= 15 is 0 Å². The Balaban J connectivity index is 2.92. The maximum atomic E-state index is 11.4. The van der Waals surface area contributed by atoms with Crippen molar-refractivity contribution >= 4 is 29.8 Å². The van der Waals surface area contributed by atoms with Crippen molar-refractivity contribution in [2.24, 2.45) is 0 Å². The number of carboxylic acid groups (broad SMARTS) is 2. The predicted octanol–water partition coefficient (Wildman–Crippen LogP) is -2.81. The molecule has 0 aromatic carbocycles. The average Bonchev–Trinajstić information content (AvgIpc) is 2.12. The Labute approximate surface area is 99.5 Å². The Morgan fingerprint density at radius 1 is 1.00 bits per heavy atom. The molecule has 0 aromatic rings. The van der Waals surface area contributed by atoms with Gasteiger partial charge in [0.1, 0.15) is 0 Å². The summed E-state index contributed by atoms with van der Waals surface area (Å²) in [4.78, 5) is 55.3. The van der Waals surface area contributed by atoms with E-state index in [0.717, 1.165) is 0 Å². The normalized spacial score (nSPS) is 16.4. The number of carbonyl (C=O) groups excluding carboxylic acids is 3. The molecule has 1 aliphatic rings. The molecule has 0 radical (unpaired) electrons. The summed E-state index contributed by atoms with van der Waals surface area (Å²) in [7, 11) is 0. The van der Waals surface area contributed by atoms with Crippen molar-refractivity contribution in [3.05, 3.63) is 0 Å². The molecular weight excluding hydrogens is 250 g/mol. The van der Waals surface area contributed by atoms with Gasteiger partial charge in [0.15, 0.2) is 6.04 Å². The minimum atomic E-state index is -1.67. The highest BCUT2D eigenvalue weighted by Gasteiger charge is 2.40. The van der Waals surface area contributed by atoms with E-state index in [4.69, 9.17) is 10.2 Å². The fraction of sp³-hybridized carbons (Fsp3) is 0.375. The molecule has 10 heteroatoms. The van der Waals surface area contributed by atoms with Crippen LogP contribution in [0.4, 0.5) is 4.79 Å². The quantitative estimate of drug-likeness (QED) is 0.386. The second kappa shape index (κ2) is 5.23. The van der Waals surface area contributed by atoms with Crippen LogP contribution in [0.3, 0.4) is 0 Å². The molecule has 10 nitrogen and oxygen atoms in total. The van der Waals surface area contributed by atoms with Crippen molar-refractivity contribution in [3.8, 4) is 0 Å². The predicted molar refractivity (Wildman–Crippen MR) is 52.3 cm³/mol. The van der Waals surface area contributed by atoms with Gasteiger partial charge in [-0.3, -0.25) is 34.7 Å². The van der Waals surface area contributed by atoms with Crippen LogP contribution in [-0.2, 0) is 19.2 Å². The molecular formula is C8H9N3O7. The topological polar surface area (TPSA) is 153 Å². The lowest BCUT2D eigenvalue weighted by Gasteiger charge is -2.29. The van der Waals surface area contributed by atoms with Crippen LogP contribution in [0.15, 0.2) is 0 Å².